The van der Waals surface area contributed by atoms with Gasteiger partial charge in [-0.2, -0.15) is 0 Å². The summed E-state index contributed by atoms with van der Waals surface area (Å²) in [5, 5.41) is 4.72. The van der Waals surface area contributed by atoms with Gasteiger partial charge in [0, 0.05) is 50.4 Å². The van der Waals surface area contributed by atoms with Crippen molar-refractivity contribution in [2.24, 2.45) is 0 Å². The molecule has 278 valence electrons. The summed E-state index contributed by atoms with van der Waals surface area (Å²) in [6, 6.07) is 68.7. The number of benzene rings is 9. The second kappa shape index (κ2) is 11.6. The molecule has 0 saturated carbocycles. The first-order chi connectivity index (χ1) is 29.0. The molecule has 0 saturated heterocycles. The highest BCUT2D eigenvalue weighted by molar-refractivity contribution is 6.07. The van der Waals surface area contributed by atoms with E-state index >= 15 is 0 Å². The van der Waals surface area contributed by atoms with Crippen molar-refractivity contribution in [1.82, 2.24) is 0 Å². The normalized spacial score (nSPS) is 14.7. The van der Waals surface area contributed by atoms with Crippen molar-refractivity contribution in [3.8, 4) is 33.8 Å². The summed E-state index contributed by atoms with van der Waals surface area (Å²) in [4.78, 5) is 2.43. The highest BCUT2D eigenvalue weighted by Crippen LogP contribution is 2.64. The molecule has 59 heavy (non-hydrogen) atoms. The van der Waals surface area contributed by atoms with E-state index in [9.17, 15) is 0 Å². The number of hydrogen-bond acceptors (Lipinski definition) is 3. The van der Waals surface area contributed by atoms with E-state index in [1.807, 2.05) is 6.07 Å². The van der Waals surface area contributed by atoms with E-state index in [1.165, 1.54) is 55.3 Å². The Balaban J connectivity index is 1.11. The molecule has 1 aliphatic heterocycles. The number of anilines is 3. The Bertz CT molecular complexity index is 3380. The van der Waals surface area contributed by atoms with Crippen molar-refractivity contribution < 1.29 is 9.15 Å². The van der Waals surface area contributed by atoms with Crippen molar-refractivity contribution in [2.45, 2.75) is 24.7 Å². The van der Waals surface area contributed by atoms with Crippen LogP contribution in [-0.4, -0.2) is 0 Å². The summed E-state index contributed by atoms with van der Waals surface area (Å²) in [5.74, 6) is 1.77. The van der Waals surface area contributed by atoms with Gasteiger partial charge in [-0.3, -0.25) is 0 Å². The van der Waals surface area contributed by atoms with E-state index in [0.29, 0.717) is 0 Å². The van der Waals surface area contributed by atoms with Gasteiger partial charge >= 0.3 is 0 Å². The number of nitrogens with zero attached hydrogens (tertiary/aromatic N) is 1. The second-order valence-electron chi connectivity index (χ2n) is 16.8. The van der Waals surface area contributed by atoms with Crippen LogP contribution in [-0.2, 0) is 10.8 Å². The van der Waals surface area contributed by atoms with Crippen LogP contribution < -0.4 is 9.64 Å². The highest BCUT2D eigenvalue weighted by atomic mass is 16.5. The molecular weight excluding hydrogens is 719 g/mol. The fraction of sp³-hybridized carbons (Fsp3) is 0.0714. The first-order valence-electron chi connectivity index (χ1n) is 20.5. The van der Waals surface area contributed by atoms with Crippen LogP contribution in [0.5, 0.6) is 11.5 Å². The summed E-state index contributed by atoms with van der Waals surface area (Å²) >= 11 is 0. The zero-order valence-electron chi connectivity index (χ0n) is 32.7. The molecule has 0 amide bonds. The topological polar surface area (TPSA) is 25.6 Å². The van der Waals surface area contributed by atoms with Crippen LogP contribution in [0.2, 0.25) is 0 Å². The van der Waals surface area contributed by atoms with Crippen LogP contribution >= 0.6 is 0 Å². The fourth-order valence-electron chi connectivity index (χ4n) is 10.9. The minimum atomic E-state index is -0.619. The molecule has 0 N–H and O–H groups in total. The molecule has 3 nitrogen and oxygen atoms in total. The predicted molar refractivity (Wildman–Crippen MR) is 241 cm³/mol. The van der Waals surface area contributed by atoms with Crippen LogP contribution in [0.15, 0.2) is 192 Å². The Morgan fingerprint density at radius 2 is 0.966 bits per heavy atom. The highest BCUT2D eigenvalue weighted by Gasteiger charge is 2.51. The van der Waals surface area contributed by atoms with Gasteiger partial charge in [-0.1, -0.05) is 141 Å². The Morgan fingerprint density at radius 1 is 0.390 bits per heavy atom. The van der Waals surface area contributed by atoms with Gasteiger partial charge in [-0.25, -0.2) is 0 Å². The Kier molecular flexibility index (Phi) is 6.44. The van der Waals surface area contributed by atoms with Crippen molar-refractivity contribution in [3.05, 3.63) is 221 Å². The van der Waals surface area contributed by atoms with E-state index in [2.05, 4.69) is 201 Å². The second-order valence-corrected chi connectivity index (χ2v) is 16.8. The summed E-state index contributed by atoms with van der Waals surface area (Å²) < 4.78 is 13.3. The number of hydrogen-bond donors (Lipinski definition) is 0. The maximum absolute atomic E-state index is 6.73. The molecule has 0 unspecified atom stereocenters. The van der Waals surface area contributed by atoms with Crippen molar-refractivity contribution in [1.29, 1.82) is 0 Å². The molecule has 2 heterocycles. The van der Waals surface area contributed by atoms with E-state index in [0.717, 1.165) is 61.6 Å². The van der Waals surface area contributed by atoms with E-state index in [-0.39, 0.29) is 5.41 Å². The van der Waals surface area contributed by atoms with Gasteiger partial charge in [-0.15, -0.1) is 0 Å². The third kappa shape index (κ3) is 4.26. The lowest BCUT2D eigenvalue weighted by molar-refractivity contribution is 0.436. The molecule has 1 spiro atoms. The molecule has 0 fully saturated rings. The maximum atomic E-state index is 6.73. The van der Waals surface area contributed by atoms with E-state index in [1.54, 1.807) is 0 Å². The van der Waals surface area contributed by atoms with Crippen molar-refractivity contribution in [2.75, 3.05) is 4.90 Å². The third-order valence-corrected chi connectivity index (χ3v) is 13.5. The number of fused-ring (bicyclic) bond motifs is 17. The SMILES string of the molecule is CC1(C)c2ccccc2-c2ccc(N(c3ccc4c(c3)C3(c5ccccc5Oc5ccccc53)c3ccc5ccccc5c3-4)c3ccc4c(c3)oc3ccccc34)cc21. The lowest BCUT2D eigenvalue weighted by atomic mass is 9.66. The van der Waals surface area contributed by atoms with Gasteiger partial charge in [0.25, 0.3) is 0 Å². The number of rotatable bonds is 3. The van der Waals surface area contributed by atoms with Gasteiger partial charge in [0.15, 0.2) is 0 Å². The lowest BCUT2D eigenvalue weighted by Crippen LogP contribution is -2.32. The summed E-state index contributed by atoms with van der Waals surface area (Å²) in [5.41, 5.74) is 16.8. The average molecular weight is 756 g/mol. The molecule has 13 rings (SSSR count). The molecule has 10 aromatic rings. The van der Waals surface area contributed by atoms with Gasteiger partial charge < -0.3 is 14.1 Å². The molecule has 0 atom stereocenters. The number of furan rings is 1. The zero-order chi connectivity index (χ0) is 39.0. The summed E-state index contributed by atoms with van der Waals surface area (Å²) in [6.07, 6.45) is 0. The quantitative estimate of drug-likeness (QED) is 0.180. The lowest BCUT2D eigenvalue weighted by Gasteiger charge is -2.39. The first kappa shape index (κ1) is 32.7. The first-order valence-corrected chi connectivity index (χ1v) is 20.5. The van der Waals surface area contributed by atoms with Crippen LogP contribution in [0.3, 0.4) is 0 Å². The minimum Gasteiger partial charge on any atom is -0.457 e. The van der Waals surface area contributed by atoms with Crippen LogP contribution in [0.1, 0.15) is 47.2 Å². The Hall–Kier alpha value is -7.36. The summed E-state index contributed by atoms with van der Waals surface area (Å²) in [7, 11) is 0. The van der Waals surface area contributed by atoms with Gasteiger partial charge in [0.1, 0.15) is 22.7 Å². The zero-order valence-corrected chi connectivity index (χ0v) is 32.7. The minimum absolute atomic E-state index is 0.156. The average Bonchev–Trinajstić information content (AvgIpc) is 3.87. The molecule has 9 aromatic carbocycles. The van der Waals surface area contributed by atoms with Gasteiger partial charge in [0.05, 0.1) is 5.41 Å². The number of ether oxygens (including phenoxy) is 1. The monoisotopic (exact) mass is 755 g/mol. The van der Waals surface area contributed by atoms with Gasteiger partial charge in [0.2, 0.25) is 0 Å². The smallest absolute Gasteiger partial charge is 0.137 e. The summed E-state index contributed by atoms with van der Waals surface area (Å²) in [6.45, 7) is 4.71. The van der Waals surface area contributed by atoms with Crippen LogP contribution in [0.4, 0.5) is 17.1 Å². The predicted octanol–water partition coefficient (Wildman–Crippen LogP) is 15.0. The molecular formula is C56H37NO2. The third-order valence-electron chi connectivity index (χ3n) is 13.5. The van der Waals surface area contributed by atoms with Crippen molar-refractivity contribution in [3.63, 3.8) is 0 Å². The van der Waals surface area contributed by atoms with Gasteiger partial charge in [-0.05, 0) is 110 Å². The number of para-hydroxylation sites is 3. The van der Waals surface area contributed by atoms with Crippen LogP contribution in [0.25, 0.3) is 55.0 Å². The fourth-order valence-corrected chi connectivity index (χ4v) is 10.9. The Labute approximate surface area is 342 Å². The van der Waals surface area contributed by atoms with Crippen LogP contribution in [0, 0.1) is 0 Å². The molecule has 1 aromatic heterocycles. The standard InChI is InChI=1S/C56H37NO2/c1-55(2)44-17-7-5-15-39(44)40-27-24-35(31-48(40)55)57(37-25-28-42-41-16-6-10-20-50(41)58-53(42)33-37)36-26-29-43-49(32-36)56(47-30-23-34-13-3-4-14-38(34)54(43)47)45-18-8-11-21-51(45)59-52-22-12-9-19-46(52)56/h3-33H,1-2H3. The maximum Gasteiger partial charge on any atom is 0.137 e. The molecule has 2 aliphatic carbocycles. The molecule has 3 aliphatic rings. The molecule has 3 heteroatoms. The van der Waals surface area contributed by atoms with E-state index < -0.39 is 5.41 Å². The Morgan fingerprint density at radius 3 is 1.76 bits per heavy atom. The molecule has 0 radical (unpaired) electrons. The van der Waals surface area contributed by atoms with Crippen molar-refractivity contribution >= 4 is 49.8 Å². The molecule has 0 bridgehead atoms. The van der Waals surface area contributed by atoms with E-state index in [4.69, 9.17) is 9.15 Å². The largest absolute Gasteiger partial charge is 0.457 e.